The van der Waals surface area contributed by atoms with E-state index in [-0.39, 0.29) is 0 Å². The summed E-state index contributed by atoms with van der Waals surface area (Å²) in [7, 11) is 0. The standard InChI is InChI=1S/C27H20O/c1-2-27(28,25-17-13-23(14-18-25)21-9-5-3-6-10-21)26-19-15-24(16-20-26)22-11-7-4-8-12-22/h1,3-20,28H. The summed E-state index contributed by atoms with van der Waals surface area (Å²) in [5.74, 6) is 2.59. The molecule has 0 spiro atoms. The first-order valence-electron chi connectivity index (χ1n) is 9.23. The Hall–Kier alpha value is -3.60. The summed E-state index contributed by atoms with van der Waals surface area (Å²) in [5.41, 5.74) is 4.33. The predicted molar refractivity (Wildman–Crippen MR) is 116 cm³/mol. The van der Waals surface area contributed by atoms with E-state index in [0.717, 1.165) is 22.3 Å². The molecule has 0 fully saturated rings. The molecule has 4 aromatic carbocycles. The fraction of sp³-hybridized carbons (Fsp3) is 0.0370. The maximum absolute atomic E-state index is 11.2. The van der Waals surface area contributed by atoms with E-state index in [1.807, 2.05) is 84.9 Å². The first kappa shape index (κ1) is 17.8. The Labute approximate surface area is 165 Å². The molecule has 1 N–H and O–H groups in total. The molecule has 0 aliphatic heterocycles. The van der Waals surface area contributed by atoms with Crippen LogP contribution in [0.1, 0.15) is 11.1 Å². The molecule has 28 heavy (non-hydrogen) atoms. The zero-order valence-electron chi connectivity index (χ0n) is 15.4. The summed E-state index contributed by atoms with van der Waals surface area (Å²) in [6.07, 6.45) is 5.77. The van der Waals surface area contributed by atoms with Gasteiger partial charge in [-0.25, -0.2) is 0 Å². The van der Waals surface area contributed by atoms with E-state index in [1.54, 1.807) is 0 Å². The lowest BCUT2D eigenvalue weighted by Gasteiger charge is -2.24. The van der Waals surface area contributed by atoms with Gasteiger partial charge in [0.15, 0.2) is 5.60 Å². The molecule has 1 heteroatoms. The highest BCUT2D eigenvalue weighted by Gasteiger charge is 2.29. The first-order chi connectivity index (χ1) is 13.7. The van der Waals surface area contributed by atoms with Crippen molar-refractivity contribution in [3.63, 3.8) is 0 Å². The van der Waals surface area contributed by atoms with E-state index in [1.165, 1.54) is 0 Å². The van der Waals surface area contributed by atoms with Gasteiger partial charge in [-0.15, -0.1) is 6.42 Å². The fourth-order valence-corrected chi connectivity index (χ4v) is 3.40. The molecule has 0 unspecified atom stereocenters. The number of benzene rings is 4. The summed E-state index contributed by atoms with van der Waals surface area (Å²) in [6, 6.07) is 35.8. The maximum atomic E-state index is 11.2. The molecule has 0 radical (unpaired) electrons. The summed E-state index contributed by atoms with van der Waals surface area (Å²) in [5, 5.41) is 11.2. The highest BCUT2D eigenvalue weighted by atomic mass is 16.3. The molecule has 134 valence electrons. The van der Waals surface area contributed by atoms with Crippen molar-refractivity contribution in [1.82, 2.24) is 0 Å². The van der Waals surface area contributed by atoms with Gasteiger partial charge in [0.1, 0.15) is 0 Å². The molecule has 1 nitrogen and oxygen atoms in total. The predicted octanol–water partition coefficient (Wildman–Crippen LogP) is 5.89. The summed E-state index contributed by atoms with van der Waals surface area (Å²) in [4.78, 5) is 0. The van der Waals surface area contributed by atoms with Crippen LogP contribution in [0, 0.1) is 12.3 Å². The lowest BCUT2D eigenvalue weighted by molar-refractivity contribution is 0.145. The van der Waals surface area contributed by atoms with Crippen LogP contribution in [0.3, 0.4) is 0 Å². The summed E-state index contributed by atoms with van der Waals surface area (Å²) >= 11 is 0. The minimum absolute atomic E-state index is 0.683. The van der Waals surface area contributed by atoms with Gasteiger partial charge < -0.3 is 5.11 Å². The Kier molecular flexibility index (Phi) is 4.81. The Morgan fingerprint density at radius 1 is 0.500 bits per heavy atom. The summed E-state index contributed by atoms with van der Waals surface area (Å²) < 4.78 is 0. The van der Waals surface area contributed by atoms with Gasteiger partial charge in [-0.1, -0.05) is 115 Å². The van der Waals surface area contributed by atoms with Crippen LogP contribution >= 0.6 is 0 Å². The van der Waals surface area contributed by atoms with Crippen molar-refractivity contribution >= 4 is 0 Å². The number of rotatable bonds is 4. The third-order valence-electron chi connectivity index (χ3n) is 5.03. The van der Waals surface area contributed by atoms with Crippen LogP contribution < -0.4 is 0 Å². The number of aliphatic hydroxyl groups is 1. The zero-order chi connectivity index (χ0) is 19.4. The molecule has 0 amide bonds. The summed E-state index contributed by atoms with van der Waals surface area (Å²) in [6.45, 7) is 0. The molecular weight excluding hydrogens is 340 g/mol. The smallest absolute Gasteiger partial charge is 0.176 e. The van der Waals surface area contributed by atoms with Crippen LogP contribution in [-0.4, -0.2) is 5.11 Å². The Balaban J connectivity index is 1.66. The van der Waals surface area contributed by atoms with Gasteiger partial charge in [-0.3, -0.25) is 0 Å². The highest BCUT2D eigenvalue weighted by molar-refractivity contribution is 5.66. The second-order valence-electron chi connectivity index (χ2n) is 6.74. The third kappa shape index (κ3) is 3.34. The average molecular weight is 360 g/mol. The van der Waals surface area contributed by atoms with Gasteiger partial charge in [0.2, 0.25) is 0 Å². The van der Waals surface area contributed by atoms with Crippen LogP contribution in [-0.2, 0) is 5.60 Å². The second-order valence-corrected chi connectivity index (χ2v) is 6.74. The Morgan fingerprint density at radius 2 is 0.821 bits per heavy atom. The van der Waals surface area contributed by atoms with Crippen molar-refractivity contribution < 1.29 is 5.11 Å². The van der Waals surface area contributed by atoms with Crippen LogP contribution in [0.2, 0.25) is 0 Å². The van der Waals surface area contributed by atoms with Gasteiger partial charge >= 0.3 is 0 Å². The molecule has 0 bridgehead atoms. The van der Waals surface area contributed by atoms with Crippen LogP contribution in [0.5, 0.6) is 0 Å². The normalized spacial score (nSPS) is 11.0. The van der Waals surface area contributed by atoms with E-state index in [0.29, 0.717) is 11.1 Å². The molecule has 4 rings (SSSR count). The van der Waals surface area contributed by atoms with Gasteiger partial charge in [-0.2, -0.15) is 0 Å². The third-order valence-corrected chi connectivity index (χ3v) is 5.03. The van der Waals surface area contributed by atoms with Crippen molar-refractivity contribution in [1.29, 1.82) is 0 Å². The molecule has 0 aliphatic rings. The molecule has 0 aromatic heterocycles. The molecule has 0 aliphatic carbocycles. The zero-order valence-corrected chi connectivity index (χ0v) is 15.4. The number of hydrogen-bond donors (Lipinski definition) is 1. The van der Waals surface area contributed by atoms with Gasteiger partial charge in [0.25, 0.3) is 0 Å². The monoisotopic (exact) mass is 360 g/mol. The van der Waals surface area contributed by atoms with Gasteiger partial charge in [0.05, 0.1) is 0 Å². The van der Waals surface area contributed by atoms with Gasteiger partial charge in [0, 0.05) is 11.1 Å². The Morgan fingerprint density at radius 3 is 1.14 bits per heavy atom. The van der Waals surface area contributed by atoms with Crippen molar-refractivity contribution in [2.75, 3.05) is 0 Å². The van der Waals surface area contributed by atoms with Crippen molar-refractivity contribution in [2.45, 2.75) is 5.60 Å². The van der Waals surface area contributed by atoms with Crippen molar-refractivity contribution in [3.8, 4) is 34.6 Å². The largest absolute Gasteiger partial charge is 0.369 e. The van der Waals surface area contributed by atoms with E-state index in [9.17, 15) is 5.11 Å². The van der Waals surface area contributed by atoms with E-state index < -0.39 is 5.60 Å². The topological polar surface area (TPSA) is 20.2 Å². The maximum Gasteiger partial charge on any atom is 0.176 e. The van der Waals surface area contributed by atoms with Crippen LogP contribution in [0.15, 0.2) is 109 Å². The quantitative estimate of drug-likeness (QED) is 0.450. The fourth-order valence-electron chi connectivity index (χ4n) is 3.40. The van der Waals surface area contributed by atoms with Gasteiger partial charge in [-0.05, 0) is 22.3 Å². The molecule has 0 saturated carbocycles. The number of hydrogen-bond acceptors (Lipinski definition) is 1. The lowest BCUT2D eigenvalue weighted by atomic mass is 9.85. The van der Waals surface area contributed by atoms with E-state index in [2.05, 4.69) is 30.2 Å². The lowest BCUT2D eigenvalue weighted by Crippen LogP contribution is -2.24. The van der Waals surface area contributed by atoms with E-state index in [4.69, 9.17) is 6.42 Å². The van der Waals surface area contributed by atoms with E-state index >= 15 is 0 Å². The molecule has 0 atom stereocenters. The molecule has 0 heterocycles. The Bertz CT molecular complexity index is 1000. The SMILES string of the molecule is C#CC(O)(c1ccc(-c2ccccc2)cc1)c1ccc(-c2ccccc2)cc1. The number of terminal acetylenes is 1. The van der Waals surface area contributed by atoms with Crippen LogP contribution in [0.25, 0.3) is 22.3 Å². The highest BCUT2D eigenvalue weighted by Crippen LogP contribution is 2.32. The van der Waals surface area contributed by atoms with Crippen molar-refractivity contribution in [3.05, 3.63) is 120 Å². The van der Waals surface area contributed by atoms with Crippen molar-refractivity contribution in [2.24, 2.45) is 0 Å². The molecule has 4 aromatic rings. The minimum Gasteiger partial charge on any atom is -0.369 e. The first-order valence-corrected chi connectivity index (χ1v) is 9.23. The average Bonchev–Trinajstić information content (AvgIpc) is 2.80. The molecule has 0 saturated heterocycles. The minimum atomic E-state index is -1.47. The molecular formula is C27H20O. The second kappa shape index (κ2) is 7.56. The van der Waals surface area contributed by atoms with Crippen LogP contribution in [0.4, 0.5) is 0 Å².